The summed E-state index contributed by atoms with van der Waals surface area (Å²) in [5.41, 5.74) is 2.04. The molecule has 0 aromatic heterocycles. The van der Waals surface area contributed by atoms with Gasteiger partial charge in [0.25, 0.3) is 0 Å². The van der Waals surface area contributed by atoms with Crippen LogP contribution in [0.25, 0.3) is 0 Å². The van der Waals surface area contributed by atoms with Gasteiger partial charge in [-0.3, -0.25) is 4.99 Å². The second-order valence-electron chi connectivity index (χ2n) is 6.79. The first-order valence-corrected chi connectivity index (χ1v) is 11.8. The second kappa shape index (κ2) is 12.2. The molecule has 0 aliphatic heterocycles. The highest BCUT2D eigenvalue weighted by Gasteiger charge is 2.11. The summed E-state index contributed by atoms with van der Waals surface area (Å²) < 4.78 is 32.6. The van der Waals surface area contributed by atoms with E-state index in [4.69, 9.17) is 4.74 Å². The standard InChI is InChI=1S/C22H32N4O3S/c1-4-23-22(26(3)18-20-11-13-21(14-12-20)29-5-2)24-15-16-30(27,28)25-17-19-9-7-6-8-10-19/h6-14,25H,4-5,15-18H2,1-3H3,(H,23,24). The van der Waals surface area contributed by atoms with Gasteiger partial charge in [0.15, 0.2) is 5.96 Å². The molecule has 2 N–H and O–H groups in total. The zero-order chi connectivity index (χ0) is 21.8. The molecule has 0 saturated heterocycles. The van der Waals surface area contributed by atoms with Crippen LogP contribution >= 0.6 is 0 Å². The lowest BCUT2D eigenvalue weighted by atomic mass is 10.2. The number of rotatable bonds is 11. The van der Waals surface area contributed by atoms with E-state index in [-0.39, 0.29) is 18.8 Å². The Labute approximate surface area is 180 Å². The Morgan fingerprint density at radius 1 is 1.03 bits per heavy atom. The van der Waals surface area contributed by atoms with Crippen molar-refractivity contribution in [2.75, 3.05) is 32.5 Å². The molecule has 30 heavy (non-hydrogen) atoms. The van der Waals surface area contributed by atoms with Gasteiger partial charge in [0.2, 0.25) is 10.0 Å². The van der Waals surface area contributed by atoms with Crippen molar-refractivity contribution in [1.29, 1.82) is 0 Å². The third-order valence-electron chi connectivity index (χ3n) is 4.31. The van der Waals surface area contributed by atoms with Crippen molar-refractivity contribution in [3.63, 3.8) is 0 Å². The van der Waals surface area contributed by atoms with E-state index in [1.54, 1.807) is 0 Å². The van der Waals surface area contributed by atoms with Crippen LogP contribution in [0.1, 0.15) is 25.0 Å². The van der Waals surface area contributed by atoms with Crippen molar-refractivity contribution in [3.8, 4) is 5.75 Å². The molecule has 0 atom stereocenters. The Morgan fingerprint density at radius 3 is 2.37 bits per heavy atom. The quantitative estimate of drug-likeness (QED) is 0.421. The van der Waals surface area contributed by atoms with Gasteiger partial charge >= 0.3 is 0 Å². The van der Waals surface area contributed by atoms with Crippen LogP contribution in [-0.2, 0) is 23.1 Å². The van der Waals surface area contributed by atoms with Crippen LogP contribution in [-0.4, -0.2) is 51.8 Å². The second-order valence-corrected chi connectivity index (χ2v) is 8.72. The summed E-state index contributed by atoms with van der Waals surface area (Å²) in [5.74, 6) is 1.45. The molecule has 2 aromatic rings. The molecular weight excluding hydrogens is 400 g/mol. The van der Waals surface area contributed by atoms with Crippen LogP contribution < -0.4 is 14.8 Å². The fraction of sp³-hybridized carbons (Fsp3) is 0.409. The van der Waals surface area contributed by atoms with Crippen molar-refractivity contribution in [2.45, 2.75) is 26.9 Å². The Balaban J connectivity index is 1.90. The van der Waals surface area contributed by atoms with E-state index < -0.39 is 10.0 Å². The summed E-state index contributed by atoms with van der Waals surface area (Å²) in [6.07, 6.45) is 0. The molecule has 0 heterocycles. The van der Waals surface area contributed by atoms with Crippen LogP contribution in [0.3, 0.4) is 0 Å². The average molecular weight is 433 g/mol. The maximum absolute atomic E-state index is 12.3. The molecule has 2 rings (SSSR count). The third kappa shape index (κ3) is 8.42. The van der Waals surface area contributed by atoms with Gasteiger partial charge in [-0.05, 0) is 37.1 Å². The number of hydrogen-bond acceptors (Lipinski definition) is 4. The molecule has 0 radical (unpaired) electrons. The van der Waals surface area contributed by atoms with Crippen LogP contribution in [0.4, 0.5) is 0 Å². The molecule has 0 bridgehead atoms. The first kappa shape index (κ1) is 23.7. The van der Waals surface area contributed by atoms with Gasteiger partial charge in [0.1, 0.15) is 5.75 Å². The van der Waals surface area contributed by atoms with E-state index in [2.05, 4.69) is 15.0 Å². The van der Waals surface area contributed by atoms with E-state index >= 15 is 0 Å². The minimum Gasteiger partial charge on any atom is -0.494 e. The minimum atomic E-state index is -3.40. The summed E-state index contributed by atoms with van der Waals surface area (Å²) in [6, 6.07) is 17.4. The molecule has 0 amide bonds. The van der Waals surface area contributed by atoms with Gasteiger partial charge < -0.3 is 15.0 Å². The van der Waals surface area contributed by atoms with E-state index in [9.17, 15) is 8.42 Å². The minimum absolute atomic E-state index is 0.0639. The van der Waals surface area contributed by atoms with Gasteiger partial charge in [-0.15, -0.1) is 0 Å². The largest absolute Gasteiger partial charge is 0.494 e. The number of guanidine groups is 1. The highest BCUT2D eigenvalue weighted by molar-refractivity contribution is 7.89. The SMILES string of the molecule is CCNC(=NCCS(=O)(=O)NCc1ccccc1)N(C)Cc1ccc(OCC)cc1. The monoisotopic (exact) mass is 432 g/mol. The Hall–Kier alpha value is -2.58. The number of nitrogens with one attached hydrogen (secondary N) is 2. The van der Waals surface area contributed by atoms with Gasteiger partial charge in [-0.1, -0.05) is 42.5 Å². The van der Waals surface area contributed by atoms with E-state index in [0.29, 0.717) is 25.7 Å². The van der Waals surface area contributed by atoms with E-state index in [1.807, 2.05) is 80.4 Å². The van der Waals surface area contributed by atoms with Crippen LogP contribution in [0.15, 0.2) is 59.6 Å². The Kier molecular flexibility index (Phi) is 9.63. The molecule has 0 fully saturated rings. The average Bonchev–Trinajstić information content (AvgIpc) is 2.74. The fourth-order valence-electron chi connectivity index (χ4n) is 2.81. The van der Waals surface area contributed by atoms with Crippen LogP contribution in [0.5, 0.6) is 5.75 Å². The number of ether oxygens (including phenoxy) is 1. The molecule has 0 aliphatic carbocycles. The topological polar surface area (TPSA) is 83.0 Å². The maximum atomic E-state index is 12.3. The van der Waals surface area contributed by atoms with Crippen molar-refractivity contribution < 1.29 is 13.2 Å². The maximum Gasteiger partial charge on any atom is 0.213 e. The molecule has 7 nitrogen and oxygen atoms in total. The lowest BCUT2D eigenvalue weighted by molar-refractivity contribution is 0.340. The van der Waals surface area contributed by atoms with Crippen LogP contribution in [0.2, 0.25) is 0 Å². The third-order valence-corrected chi connectivity index (χ3v) is 5.62. The summed E-state index contributed by atoms with van der Waals surface area (Å²) in [7, 11) is -1.47. The number of sulfonamides is 1. The lowest BCUT2D eigenvalue weighted by Crippen LogP contribution is -2.39. The summed E-state index contributed by atoms with van der Waals surface area (Å²) in [5, 5.41) is 3.21. The van der Waals surface area contributed by atoms with Crippen molar-refractivity contribution in [1.82, 2.24) is 14.9 Å². The highest BCUT2D eigenvalue weighted by atomic mass is 32.2. The summed E-state index contributed by atoms with van der Waals surface area (Å²) in [4.78, 5) is 6.46. The zero-order valence-electron chi connectivity index (χ0n) is 18.0. The zero-order valence-corrected chi connectivity index (χ0v) is 18.8. The number of aliphatic imine (C=N–C) groups is 1. The van der Waals surface area contributed by atoms with Gasteiger partial charge in [-0.2, -0.15) is 0 Å². The van der Waals surface area contributed by atoms with E-state index in [0.717, 1.165) is 16.9 Å². The number of nitrogens with zero attached hydrogens (tertiary/aromatic N) is 2. The lowest BCUT2D eigenvalue weighted by Gasteiger charge is -2.22. The molecule has 0 aliphatic rings. The van der Waals surface area contributed by atoms with Gasteiger partial charge in [-0.25, -0.2) is 13.1 Å². The molecule has 8 heteroatoms. The number of benzene rings is 2. The molecule has 2 aromatic carbocycles. The predicted molar refractivity (Wildman–Crippen MR) is 122 cm³/mol. The Morgan fingerprint density at radius 2 is 1.73 bits per heavy atom. The first-order chi connectivity index (χ1) is 14.4. The fourth-order valence-corrected chi connectivity index (χ4v) is 3.67. The Bertz CT molecular complexity index is 884. The van der Waals surface area contributed by atoms with Crippen LogP contribution in [0, 0.1) is 0 Å². The van der Waals surface area contributed by atoms with Crippen molar-refractivity contribution in [3.05, 3.63) is 65.7 Å². The smallest absolute Gasteiger partial charge is 0.213 e. The molecule has 0 saturated carbocycles. The molecule has 0 unspecified atom stereocenters. The highest BCUT2D eigenvalue weighted by Crippen LogP contribution is 2.13. The summed E-state index contributed by atoms with van der Waals surface area (Å²) >= 11 is 0. The van der Waals surface area contributed by atoms with Crippen molar-refractivity contribution in [2.24, 2.45) is 4.99 Å². The molecule has 164 valence electrons. The predicted octanol–water partition coefficient (Wildman–Crippen LogP) is 2.60. The number of hydrogen-bond donors (Lipinski definition) is 2. The van der Waals surface area contributed by atoms with Crippen molar-refractivity contribution >= 4 is 16.0 Å². The van der Waals surface area contributed by atoms with E-state index in [1.165, 1.54) is 0 Å². The van der Waals surface area contributed by atoms with Gasteiger partial charge in [0, 0.05) is 26.7 Å². The molecule has 0 spiro atoms. The normalized spacial score (nSPS) is 11.9. The van der Waals surface area contributed by atoms with Gasteiger partial charge in [0.05, 0.1) is 18.9 Å². The molecular formula is C22H32N4O3S. The first-order valence-electron chi connectivity index (χ1n) is 10.2. The summed E-state index contributed by atoms with van der Waals surface area (Å²) in [6.45, 7) is 6.39.